The van der Waals surface area contributed by atoms with Crippen LogP contribution in [0.1, 0.15) is 11.1 Å². The summed E-state index contributed by atoms with van der Waals surface area (Å²) in [5.74, 6) is 0.742. The molecular weight excluding hydrogens is 270 g/mol. The van der Waals surface area contributed by atoms with Gasteiger partial charge < -0.3 is 4.74 Å². The van der Waals surface area contributed by atoms with Gasteiger partial charge in [-0.05, 0) is 11.6 Å². The molecule has 1 heterocycles. The van der Waals surface area contributed by atoms with E-state index < -0.39 is 5.60 Å². The van der Waals surface area contributed by atoms with E-state index >= 15 is 0 Å². The number of para-hydroxylation sites is 1. The summed E-state index contributed by atoms with van der Waals surface area (Å²) < 4.78 is 6.22. The Bertz CT molecular complexity index is 879. The number of rotatable bonds is 1. The second-order valence-electron chi connectivity index (χ2n) is 5.30. The highest BCUT2D eigenvalue weighted by Crippen LogP contribution is 2.47. The summed E-state index contributed by atoms with van der Waals surface area (Å²) in [7, 11) is 0. The first-order valence-corrected chi connectivity index (χ1v) is 7.20. The molecule has 0 amide bonds. The van der Waals surface area contributed by atoms with Crippen LogP contribution in [-0.4, -0.2) is 0 Å². The van der Waals surface area contributed by atoms with Crippen LogP contribution in [0.25, 0.3) is 11.1 Å². The van der Waals surface area contributed by atoms with Crippen molar-refractivity contribution in [3.05, 3.63) is 90.0 Å². The molecule has 2 nitrogen and oxygen atoms in total. The van der Waals surface area contributed by atoms with E-state index in [2.05, 4.69) is 6.07 Å². The first kappa shape index (κ1) is 12.7. The highest BCUT2D eigenvalue weighted by atomic mass is 16.5. The summed E-state index contributed by atoms with van der Waals surface area (Å²) in [5, 5.41) is 9.99. The summed E-state index contributed by atoms with van der Waals surface area (Å²) >= 11 is 0. The van der Waals surface area contributed by atoms with Crippen LogP contribution in [0.15, 0.2) is 78.9 Å². The number of benzene rings is 3. The van der Waals surface area contributed by atoms with E-state index in [9.17, 15) is 5.26 Å². The minimum atomic E-state index is -1.10. The average molecular weight is 283 g/mol. The fourth-order valence-corrected chi connectivity index (χ4v) is 3.06. The second kappa shape index (κ2) is 4.75. The molecule has 0 N–H and O–H groups in total. The SMILES string of the molecule is N#CC1(c2ccccc2)Oc2ccccc2-c2ccccc21. The molecule has 1 unspecified atom stereocenters. The molecule has 0 bridgehead atoms. The summed E-state index contributed by atoms with van der Waals surface area (Å²) in [5.41, 5.74) is 2.71. The van der Waals surface area contributed by atoms with Gasteiger partial charge in [0.2, 0.25) is 5.60 Å². The van der Waals surface area contributed by atoms with E-state index in [4.69, 9.17) is 4.74 Å². The van der Waals surface area contributed by atoms with Crippen molar-refractivity contribution in [3.63, 3.8) is 0 Å². The molecule has 22 heavy (non-hydrogen) atoms. The van der Waals surface area contributed by atoms with Gasteiger partial charge in [-0.25, -0.2) is 0 Å². The number of ether oxygens (including phenoxy) is 1. The van der Waals surface area contributed by atoms with Crippen LogP contribution in [0.2, 0.25) is 0 Å². The topological polar surface area (TPSA) is 33.0 Å². The lowest BCUT2D eigenvalue weighted by atomic mass is 9.80. The summed E-state index contributed by atoms with van der Waals surface area (Å²) in [6.07, 6.45) is 0. The Morgan fingerprint density at radius 1 is 0.727 bits per heavy atom. The predicted octanol–water partition coefficient (Wildman–Crippen LogP) is 4.51. The van der Waals surface area contributed by atoms with Gasteiger partial charge in [-0.1, -0.05) is 72.8 Å². The van der Waals surface area contributed by atoms with E-state index in [0.717, 1.165) is 28.0 Å². The van der Waals surface area contributed by atoms with E-state index in [-0.39, 0.29) is 0 Å². The van der Waals surface area contributed by atoms with Gasteiger partial charge in [0.05, 0.1) is 0 Å². The summed E-state index contributed by atoms with van der Waals surface area (Å²) in [6.45, 7) is 0. The molecule has 0 saturated carbocycles. The standard InChI is InChI=1S/C20H13NO/c21-14-20(15-8-2-1-3-9-15)18-12-6-4-10-16(18)17-11-5-7-13-19(17)22-20/h1-13H. The number of nitrogens with zero attached hydrogens (tertiary/aromatic N) is 1. The molecule has 4 rings (SSSR count). The largest absolute Gasteiger partial charge is 0.463 e. The molecule has 3 aromatic carbocycles. The number of fused-ring (bicyclic) bond motifs is 3. The second-order valence-corrected chi connectivity index (χ2v) is 5.30. The Morgan fingerprint density at radius 3 is 2.14 bits per heavy atom. The van der Waals surface area contributed by atoms with Crippen LogP contribution in [0.4, 0.5) is 0 Å². The minimum absolute atomic E-state index is 0.742. The lowest BCUT2D eigenvalue weighted by Gasteiger charge is -2.35. The Morgan fingerprint density at radius 2 is 1.36 bits per heavy atom. The van der Waals surface area contributed by atoms with Gasteiger partial charge in [0, 0.05) is 16.7 Å². The maximum atomic E-state index is 9.99. The molecule has 3 aromatic rings. The van der Waals surface area contributed by atoms with Crippen LogP contribution in [-0.2, 0) is 5.60 Å². The zero-order valence-electron chi connectivity index (χ0n) is 11.9. The van der Waals surface area contributed by atoms with Crippen molar-refractivity contribution in [1.29, 1.82) is 5.26 Å². The maximum absolute atomic E-state index is 9.99. The third-order valence-electron chi connectivity index (χ3n) is 4.08. The lowest BCUT2D eigenvalue weighted by Crippen LogP contribution is -2.35. The molecule has 2 heteroatoms. The summed E-state index contributed by atoms with van der Waals surface area (Å²) in [4.78, 5) is 0. The van der Waals surface area contributed by atoms with Gasteiger partial charge in [-0.3, -0.25) is 0 Å². The van der Waals surface area contributed by atoms with E-state index in [0.29, 0.717) is 0 Å². The van der Waals surface area contributed by atoms with Crippen molar-refractivity contribution >= 4 is 0 Å². The highest BCUT2D eigenvalue weighted by Gasteiger charge is 2.42. The number of nitriles is 1. The van der Waals surface area contributed by atoms with Gasteiger partial charge in [-0.15, -0.1) is 0 Å². The number of hydrogen-bond acceptors (Lipinski definition) is 2. The highest BCUT2D eigenvalue weighted by molar-refractivity contribution is 5.78. The molecule has 0 saturated heterocycles. The Hall–Kier alpha value is -3.05. The normalized spacial score (nSPS) is 18.5. The molecule has 1 atom stereocenters. The van der Waals surface area contributed by atoms with E-state index in [1.165, 1.54) is 0 Å². The van der Waals surface area contributed by atoms with Gasteiger partial charge in [-0.2, -0.15) is 5.26 Å². The minimum Gasteiger partial charge on any atom is -0.463 e. The zero-order chi connectivity index (χ0) is 15.0. The average Bonchev–Trinajstić information content (AvgIpc) is 2.62. The van der Waals surface area contributed by atoms with Crippen molar-refractivity contribution in [1.82, 2.24) is 0 Å². The molecule has 104 valence electrons. The first-order chi connectivity index (χ1) is 10.8. The zero-order valence-corrected chi connectivity index (χ0v) is 11.9. The Balaban J connectivity index is 2.06. The molecule has 1 aliphatic rings. The Labute approximate surface area is 129 Å². The fourth-order valence-electron chi connectivity index (χ4n) is 3.06. The van der Waals surface area contributed by atoms with Crippen molar-refractivity contribution in [2.45, 2.75) is 5.60 Å². The third kappa shape index (κ3) is 1.66. The summed E-state index contributed by atoms with van der Waals surface area (Å²) in [6, 6.07) is 27.9. The monoisotopic (exact) mass is 283 g/mol. The van der Waals surface area contributed by atoms with Gasteiger partial charge in [0.15, 0.2) is 0 Å². The van der Waals surface area contributed by atoms with Crippen molar-refractivity contribution in [3.8, 4) is 22.9 Å². The quantitative estimate of drug-likeness (QED) is 0.658. The fraction of sp³-hybridized carbons (Fsp3) is 0.0500. The molecule has 1 aliphatic heterocycles. The maximum Gasteiger partial charge on any atom is 0.245 e. The van der Waals surface area contributed by atoms with Crippen molar-refractivity contribution < 1.29 is 4.74 Å². The molecular formula is C20H13NO. The van der Waals surface area contributed by atoms with Gasteiger partial charge in [0.1, 0.15) is 11.8 Å². The number of hydrogen-bond donors (Lipinski definition) is 0. The first-order valence-electron chi connectivity index (χ1n) is 7.20. The van der Waals surface area contributed by atoms with Gasteiger partial charge >= 0.3 is 0 Å². The van der Waals surface area contributed by atoms with E-state index in [1.807, 2.05) is 78.9 Å². The predicted molar refractivity (Wildman–Crippen MR) is 85.3 cm³/mol. The van der Waals surface area contributed by atoms with Crippen LogP contribution in [0, 0.1) is 11.3 Å². The molecule has 0 spiro atoms. The van der Waals surface area contributed by atoms with Crippen LogP contribution in [0.3, 0.4) is 0 Å². The van der Waals surface area contributed by atoms with Gasteiger partial charge in [0.25, 0.3) is 0 Å². The van der Waals surface area contributed by atoms with Crippen LogP contribution >= 0.6 is 0 Å². The van der Waals surface area contributed by atoms with Crippen LogP contribution in [0.5, 0.6) is 5.75 Å². The Kier molecular flexibility index (Phi) is 2.74. The van der Waals surface area contributed by atoms with E-state index in [1.54, 1.807) is 0 Å². The molecule has 0 aliphatic carbocycles. The molecule has 0 fully saturated rings. The smallest absolute Gasteiger partial charge is 0.245 e. The lowest BCUT2D eigenvalue weighted by molar-refractivity contribution is 0.169. The van der Waals surface area contributed by atoms with Crippen LogP contribution < -0.4 is 4.74 Å². The molecule has 0 radical (unpaired) electrons. The molecule has 0 aromatic heterocycles. The van der Waals surface area contributed by atoms with Crippen molar-refractivity contribution in [2.24, 2.45) is 0 Å². The third-order valence-corrected chi connectivity index (χ3v) is 4.08. The van der Waals surface area contributed by atoms with Crippen molar-refractivity contribution in [2.75, 3.05) is 0 Å².